The van der Waals surface area contributed by atoms with Gasteiger partial charge < -0.3 is 11.1 Å². The molecule has 2 atom stereocenters. The second-order valence-corrected chi connectivity index (χ2v) is 4.93. The molecular weight excluding hydrogens is 212 g/mol. The largest absolute Gasteiger partial charge is 0.399 e. The second kappa shape index (κ2) is 5.71. The predicted molar refractivity (Wildman–Crippen MR) is 71.4 cm³/mol. The maximum absolute atomic E-state index is 11.9. The Kier molecular flexibility index (Phi) is 4.55. The lowest BCUT2D eigenvalue weighted by Gasteiger charge is -2.20. The zero-order valence-electron chi connectivity index (χ0n) is 11.0. The minimum absolute atomic E-state index is 0.0179. The van der Waals surface area contributed by atoms with Crippen LogP contribution in [0.3, 0.4) is 0 Å². The number of hydrogen-bond acceptors (Lipinski definition) is 2. The number of nitrogens with one attached hydrogen (secondary N) is 1. The van der Waals surface area contributed by atoms with Gasteiger partial charge in [0.15, 0.2) is 0 Å². The molecule has 0 spiro atoms. The van der Waals surface area contributed by atoms with Gasteiger partial charge in [0.25, 0.3) is 0 Å². The molecule has 0 aliphatic rings. The fourth-order valence-corrected chi connectivity index (χ4v) is 1.52. The minimum atomic E-state index is 0.0179. The summed E-state index contributed by atoms with van der Waals surface area (Å²) in [6, 6.07) is 7.61. The molecule has 0 bridgehead atoms. The van der Waals surface area contributed by atoms with E-state index in [9.17, 15) is 4.79 Å². The van der Waals surface area contributed by atoms with Crippen LogP contribution in [0.5, 0.6) is 0 Å². The number of nitrogens with two attached hydrogens (primary N) is 1. The summed E-state index contributed by atoms with van der Waals surface area (Å²) in [5, 5.41) is 3.02. The van der Waals surface area contributed by atoms with Gasteiger partial charge >= 0.3 is 0 Å². The summed E-state index contributed by atoms with van der Waals surface area (Å²) in [4.78, 5) is 11.9. The van der Waals surface area contributed by atoms with E-state index >= 15 is 0 Å². The summed E-state index contributed by atoms with van der Waals surface area (Å²) in [6.45, 7) is 8.04. The summed E-state index contributed by atoms with van der Waals surface area (Å²) < 4.78 is 0. The van der Waals surface area contributed by atoms with Crippen LogP contribution in [0.25, 0.3) is 0 Å². The van der Waals surface area contributed by atoms with E-state index in [4.69, 9.17) is 5.73 Å². The van der Waals surface area contributed by atoms with Gasteiger partial charge in [0.2, 0.25) is 5.91 Å². The zero-order valence-corrected chi connectivity index (χ0v) is 11.0. The number of amides is 1. The summed E-state index contributed by atoms with van der Waals surface area (Å²) in [5.41, 5.74) is 7.44. The highest BCUT2D eigenvalue weighted by Crippen LogP contribution is 2.16. The Morgan fingerprint density at radius 3 is 2.12 bits per heavy atom. The average molecular weight is 234 g/mol. The van der Waals surface area contributed by atoms with Gasteiger partial charge in [-0.15, -0.1) is 0 Å². The molecule has 0 saturated carbocycles. The lowest BCUT2D eigenvalue weighted by atomic mass is 9.96. The van der Waals surface area contributed by atoms with Crippen LogP contribution < -0.4 is 11.1 Å². The van der Waals surface area contributed by atoms with Crippen molar-refractivity contribution in [3.63, 3.8) is 0 Å². The molecule has 0 fully saturated rings. The summed E-state index contributed by atoms with van der Waals surface area (Å²) in [7, 11) is 0. The highest BCUT2D eigenvalue weighted by molar-refractivity contribution is 5.78. The molecule has 3 N–H and O–H groups in total. The maximum atomic E-state index is 11.9. The fraction of sp³-hybridized carbons (Fsp3) is 0.500. The van der Waals surface area contributed by atoms with E-state index < -0.39 is 0 Å². The number of carbonyl (C=O) groups is 1. The van der Waals surface area contributed by atoms with Crippen LogP contribution in [0.1, 0.15) is 39.3 Å². The van der Waals surface area contributed by atoms with Crippen LogP contribution in [-0.2, 0) is 4.79 Å². The standard InChI is InChI=1S/C14H22N2O/c1-9(2)10(3)14(17)16-11(4)12-5-7-13(15)8-6-12/h5-11H,15H2,1-4H3,(H,16,17). The summed E-state index contributed by atoms with van der Waals surface area (Å²) in [5.74, 6) is 0.490. The van der Waals surface area contributed by atoms with Gasteiger partial charge in [0, 0.05) is 11.6 Å². The van der Waals surface area contributed by atoms with Crippen LogP contribution >= 0.6 is 0 Å². The third kappa shape index (κ3) is 3.77. The molecule has 3 nitrogen and oxygen atoms in total. The van der Waals surface area contributed by atoms with Crippen molar-refractivity contribution in [3.05, 3.63) is 29.8 Å². The molecule has 0 radical (unpaired) electrons. The molecule has 0 aromatic heterocycles. The van der Waals surface area contributed by atoms with E-state index in [0.29, 0.717) is 5.92 Å². The topological polar surface area (TPSA) is 55.1 Å². The normalized spacial score (nSPS) is 14.4. The Balaban J connectivity index is 2.63. The van der Waals surface area contributed by atoms with Crippen molar-refractivity contribution >= 4 is 11.6 Å². The Morgan fingerprint density at radius 1 is 1.12 bits per heavy atom. The molecule has 1 aromatic carbocycles. The predicted octanol–water partition coefficient (Wildman–Crippen LogP) is 2.74. The van der Waals surface area contributed by atoms with Gasteiger partial charge in [0.05, 0.1) is 6.04 Å². The van der Waals surface area contributed by atoms with Gasteiger partial charge in [-0.05, 0) is 30.5 Å². The lowest BCUT2D eigenvalue weighted by Crippen LogP contribution is -2.33. The van der Waals surface area contributed by atoms with Gasteiger partial charge in [-0.2, -0.15) is 0 Å². The summed E-state index contributed by atoms with van der Waals surface area (Å²) in [6.07, 6.45) is 0. The van der Waals surface area contributed by atoms with Crippen LogP contribution in [0.2, 0.25) is 0 Å². The van der Waals surface area contributed by atoms with Gasteiger partial charge in [-0.3, -0.25) is 4.79 Å². The molecule has 1 aromatic rings. The van der Waals surface area contributed by atoms with Crippen LogP contribution in [0.15, 0.2) is 24.3 Å². The Hall–Kier alpha value is -1.51. The molecule has 0 aliphatic heterocycles. The van der Waals surface area contributed by atoms with Gasteiger partial charge in [-0.25, -0.2) is 0 Å². The van der Waals surface area contributed by atoms with E-state index in [2.05, 4.69) is 19.2 Å². The highest BCUT2D eigenvalue weighted by Gasteiger charge is 2.18. The third-order valence-electron chi connectivity index (χ3n) is 3.21. The first-order chi connectivity index (χ1) is 7.91. The molecule has 2 unspecified atom stereocenters. The Labute approximate surface area is 103 Å². The smallest absolute Gasteiger partial charge is 0.223 e. The van der Waals surface area contributed by atoms with Crippen molar-refractivity contribution in [2.75, 3.05) is 5.73 Å². The quantitative estimate of drug-likeness (QED) is 0.787. The SMILES string of the molecule is CC(NC(=O)C(C)C(C)C)c1ccc(N)cc1. The molecule has 17 heavy (non-hydrogen) atoms. The molecular formula is C14H22N2O. The lowest BCUT2D eigenvalue weighted by molar-refractivity contribution is -0.126. The molecule has 1 rings (SSSR count). The number of hydrogen-bond donors (Lipinski definition) is 2. The number of carbonyl (C=O) groups excluding carboxylic acids is 1. The number of rotatable bonds is 4. The van der Waals surface area contributed by atoms with Gasteiger partial charge in [0.1, 0.15) is 0 Å². The van der Waals surface area contributed by atoms with E-state index in [-0.39, 0.29) is 17.9 Å². The van der Waals surface area contributed by atoms with Crippen molar-refractivity contribution < 1.29 is 4.79 Å². The molecule has 0 aliphatic carbocycles. The van der Waals surface area contributed by atoms with Crippen molar-refractivity contribution in [1.29, 1.82) is 0 Å². The first kappa shape index (κ1) is 13.6. The number of benzene rings is 1. The monoisotopic (exact) mass is 234 g/mol. The highest BCUT2D eigenvalue weighted by atomic mass is 16.1. The maximum Gasteiger partial charge on any atom is 0.223 e. The summed E-state index contributed by atoms with van der Waals surface area (Å²) >= 11 is 0. The van der Waals surface area contributed by atoms with E-state index in [0.717, 1.165) is 11.3 Å². The second-order valence-electron chi connectivity index (χ2n) is 4.93. The Morgan fingerprint density at radius 2 is 1.65 bits per heavy atom. The molecule has 0 heterocycles. The molecule has 0 saturated heterocycles. The third-order valence-corrected chi connectivity index (χ3v) is 3.21. The molecule has 1 amide bonds. The fourth-order valence-electron chi connectivity index (χ4n) is 1.52. The minimum Gasteiger partial charge on any atom is -0.399 e. The van der Waals surface area contributed by atoms with Crippen LogP contribution in [0.4, 0.5) is 5.69 Å². The van der Waals surface area contributed by atoms with Crippen LogP contribution in [-0.4, -0.2) is 5.91 Å². The van der Waals surface area contributed by atoms with Crippen molar-refractivity contribution in [3.8, 4) is 0 Å². The van der Waals surface area contributed by atoms with Crippen molar-refractivity contribution in [2.24, 2.45) is 11.8 Å². The van der Waals surface area contributed by atoms with Gasteiger partial charge in [-0.1, -0.05) is 32.9 Å². The molecule has 3 heteroatoms. The van der Waals surface area contributed by atoms with E-state index in [1.165, 1.54) is 0 Å². The van der Waals surface area contributed by atoms with Crippen molar-refractivity contribution in [1.82, 2.24) is 5.32 Å². The average Bonchev–Trinajstić information content (AvgIpc) is 2.28. The van der Waals surface area contributed by atoms with Crippen LogP contribution in [0, 0.1) is 11.8 Å². The zero-order chi connectivity index (χ0) is 13.0. The number of anilines is 1. The van der Waals surface area contributed by atoms with E-state index in [1.54, 1.807) is 0 Å². The Bertz CT molecular complexity index is 370. The molecule has 94 valence electrons. The van der Waals surface area contributed by atoms with Crippen molar-refractivity contribution in [2.45, 2.75) is 33.7 Å². The first-order valence-corrected chi connectivity index (χ1v) is 6.07. The number of nitrogen functional groups attached to an aromatic ring is 1. The van der Waals surface area contributed by atoms with E-state index in [1.807, 2.05) is 38.1 Å². The first-order valence-electron chi connectivity index (χ1n) is 6.07.